The van der Waals surface area contributed by atoms with Crippen LogP contribution in [-0.4, -0.2) is 8.42 Å². The largest absolute Gasteiger partial charge is 0.326 e. The molecule has 0 fully saturated rings. The third kappa shape index (κ3) is 3.38. The van der Waals surface area contributed by atoms with Gasteiger partial charge in [-0.1, -0.05) is 12.1 Å². The van der Waals surface area contributed by atoms with Gasteiger partial charge in [0.15, 0.2) is 0 Å². The van der Waals surface area contributed by atoms with E-state index in [1.54, 1.807) is 6.07 Å². The molecule has 102 valence electrons. The molecule has 1 aromatic carbocycles. The third-order valence-electron chi connectivity index (χ3n) is 2.54. The Labute approximate surface area is 115 Å². The zero-order chi connectivity index (χ0) is 13.9. The molecule has 0 aliphatic rings. The van der Waals surface area contributed by atoms with Crippen LogP contribution in [0, 0.1) is 5.82 Å². The minimum atomic E-state index is -3.87. The summed E-state index contributed by atoms with van der Waals surface area (Å²) < 4.78 is 40.0. The van der Waals surface area contributed by atoms with E-state index in [2.05, 4.69) is 4.72 Å². The topological polar surface area (TPSA) is 72.2 Å². The van der Waals surface area contributed by atoms with E-state index in [4.69, 9.17) is 5.73 Å². The first-order valence-corrected chi connectivity index (χ1v) is 7.90. The lowest BCUT2D eigenvalue weighted by Gasteiger charge is -2.08. The second-order valence-corrected chi connectivity index (χ2v) is 6.64. The summed E-state index contributed by atoms with van der Waals surface area (Å²) in [5.74, 6) is -0.782. The van der Waals surface area contributed by atoms with Gasteiger partial charge in [-0.15, -0.1) is 11.3 Å². The smallest absolute Gasteiger partial charge is 0.243 e. The second-order valence-electron chi connectivity index (χ2n) is 3.87. The molecule has 0 saturated heterocycles. The first-order chi connectivity index (χ1) is 9.03. The van der Waals surface area contributed by atoms with Crippen molar-refractivity contribution in [3.63, 3.8) is 0 Å². The normalized spacial score (nSPS) is 11.7. The van der Waals surface area contributed by atoms with Crippen molar-refractivity contribution in [1.29, 1.82) is 0 Å². The molecule has 0 aliphatic heterocycles. The summed E-state index contributed by atoms with van der Waals surface area (Å²) in [6.45, 7) is 0.306. The number of halogens is 1. The van der Waals surface area contributed by atoms with Crippen LogP contribution < -0.4 is 10.5 Å². The monoisotopic (exact) mass is 300 g/mol. The highest BCUT2D eigenvalue weighted by Crippen LogP contribution is 2.17. The number of nitrogens with two attached hydrogens (primary N) is 1. The molecule has 0 atom stereocenters. The van der Waals surface area contributed by atoms with Crippen molar-refractivity contribution in [3.05, 3.63) is 52.0 Å². The average molecular weight is 300 g/mol. The fourth-order valence-corrected chi connectivity index (χ4v) is 3.41. The number of rotatable bonds is 5. The highest BCUT2D eigenvalue weighted by Gasteiger charge is 2.19. The van der Waals surface area contributed by atoms with Gasteiger partial charge in [-0.25, -0.2) is 17.5 Å². The summed E-state index contributed by atoms with van der Waals surface area (Å²) in [6, 6.07) is 7.46. The lowest BCUT2D eigenvalue weighted by atomic mass is 10.2. The molecule has 4 nitrogen and oxygen atoms in total. The number of thiophene rings is 1. The molecule has 7 heteroatoms. The van der Waals surface area contributed by atoms with Crippen LogP contribution in [0.4, 0.5) is 4.39 Å². The van der Waals surface area contributed by atoms with Gasteiger partial charge in [-0.2, -0.15) is 0 Å². The quantitative estimate of drug-likeness (QED) is 0.885. The molecule has 0 radical (unpaired) electrons. The van der Waals surface area contributed by atoms with Crippen molar-refractivity contribution in [2.75, 3.05) is 0 Å². The number of nitrogens with one attached hydrogen (secondary N) is 1. The van der Waals surface area contributed by atoms with Crippen molar-refractivity contribution in [1.82, 2.24) is 4.72 Å². The van der Waals surface area contributed by atoms with Gasteiger partial charge >= 0.3 is 0 Å². The predicted octanol–water partition coefficient (Wildman–Crippen LogP) is 1.82. The highest BCUT2D eigenvalue weighted by molar-refractivity contribution is 7.89. The number of sulfonamides is 1. The van der Waals surface area contributed by atoms with Crippen LogP contribution in [0.25, 0.3) is 0 Å². The molecule has 0 amide bonds. The van der Waals surface area contributed by atoms with E-state index < -0.39 is 15.8 Å². The summed E-state index contributed by atoms with van der Waals surface area (Å²) >= 11 is 1.43. The van der Waals surface area contributed by atoms with Crippen LogP contribution in [0.15, 0.2) is 40.6 Å². The van der Waals surface area contributed by atoms with E-state index in [9.17, 15) is 12.8 Å². The Balaban J connectivity index is 2.23. The Morgan fingerprint density at radius 3 is 2.74 bits per heavy atom. The van der Waals surface area contributed by atoms with Crippen LogP contribution in [0.2, 0.25) is 0 Å². The Bertz CT molecular complexity index is 654. The third-order valence-corrected chi connectivity index (χ3v) is 4.83. The molecule has 3 N–H and O–H groups in total. The lowest BCUT2D eigenvalue weighted by Crippen LogP contribution is -2.24. The van der Waals surface area contributed by atoms with Crippen LogP contribution in [0.1, 0.15) is 10.4 Å². The van der Waals surface area contributed by atoms with Gasteiger partial charge in [-0.3, -0.25) is 0 Å². The molecule has 1 aromatic heterocycles. The summed E-state index contributed by atoms with van der Waals surface area (Å²) in [4.78, 5) is 0.492. The minimum Gasteiger partial charge on any atom is -0.326 e. The highest BCUT2D eigenvalue weighted by atomic mass is 32.2. The van der Waals surface area contributed by atoms with E-state index in [-0.39, 0.29) is 18.0 Å². The fourth-order valence-electron chi connectivity index (χ4n) is 1.54. The van der Waals surface area contributed by atoms with Crippen LogP contribution in [0.5, 0.6) is 0 Å². The summed E-state index contributed by atoms with van der Waals surface area (Å²) in [5.41, 5.74) is 5.99. The van der Waals surface area contributed by atoms with Gasteiger partial charge in [0.05, 0.1) is 0 Å². The van der Waals surface area contributed by atoms with Gasteiger partial charge < -0.3 is 5.73 Å². The van der Waals surface area contributed by atoms with Crippen molar-refractivity contribution in [2.24, 2.45) is 5.73 Å². The van der Waals surface area contributed by atoms with E-state index in [0.29, 0.717) is 5.56 Å². The summed E-state index contributed by atoms with van der Waals surface area (Å²) in [6.07, 6.45) is 0. The number of hydrogen-bond donors (Lipinski definition) is 2. The van der Waals surface area contributed by atoms with E-state index in [0.717, 1.165) is 10.9 Å². The maximum Gasteiger partial charge on any atom is 0.243 e. The summed E-state index contributed by atoms with van der Waals surface area (Å²) in [7, 11) is -3.87. The molecule has 0 saturated carbocycles. The number of benzene rings is 1. The molecule has 0 aliphatic carbocycles. The molecule has 2 aromatic rings. The molecule has 0 unspecified atom stereocenters. The Morgan fingerprint density at radius 2 is 2.11 bits per heavy atom. The molecule has 1 heterocycles. The maximum atomic E-state index is 13.6. The number of hydrogen-bond acceptors (Lipinski definition) is 4. The molecular weight excluding hydrogens is 287 g/mol. The van der Waals surface area contributed by atoms with Gasteiger partial charge in [0.2, 0.25) is 10.0 Å². The molecule has 2 rings (SSSR count). The van der Waals surface area contributed by atoms with Crippen LogP contribution in [0.3, 0.4) is 0 Å². The Kier molecular flexibility index (Phi) is 4.31. The van der Waals surface area contributed by atoms with Gasteiger partial charge in [0, 0.05) is 18.0 Å². The fraction of sp³-hybridized carbons (Fsp3) is 0.167. The van der Waals surface area contributed by atoms with Gasteiger partial charge in [0.1, 0.15) is 10.7 Å². The Hall–Kier alpha value is -1.28. The van der Waals surface area contributed by atoms with Crippen molar-refractivity contribution in [2.45, 2.75) is 18.0 Å². The SMILES string of the molecule is NCc1ccc(F)c(S(=O)(=O)NCc2cccs2)c1. The van der Waals surface area contributed by atoms with E-state index in [1.807, 2.05) is 11.4 Å². The maximum absolute atomic E-state index is 13.6. The first kappa shape index (κ1) is 14.1. The van der Waals surface area contributed by atoms with E-state index >= 15 is 0 Å². The van der Waals surface area contributed by atoms with Gasteiger partial charge in [-0.05, 0) is 29.1 Å². The van der Waals surface area contributed by atoms with E-state index in [1.165, 1.54) is 23.5 Å². The summed E-state index contributed by atoms with van der Waals surface area (Å²) in [5, 5.41) is 1.85. The average Bonchev–Trinajstić information content (AvgIpc) is 2.90. The zero-order valence-corrected chi connectivity index (χ0v) is 11.6. The zero-order valence-electron chi connectivity index (χ0n) is 9.97. The molecular formula is C12H13FN2O2S2. The standard InChI is InChI=1S/C12H13FN2O2S2/c13-11-4-3-9(7-14)6-12(11)19(16,17)15-8-10-2-1-5-18-10/h1-6,15H,7-8,14H2. The first-order valence-electron chi connectivity index (χ1n) is 5.53. The minimum absolute atomic E-state index is 0.145. The van der Waals surface area contributed by atoms with Crippen molar-refractivity contribution in [3.8, 4) is 0 Å². The van der Waals surface area contributed by atoms with Crippen molar-refractivity contribution >= 4 is 21.4 Å². The lowest BCUT2D eigenvalue weighted by molar-refractivity contribution is 0.556. The molecule has 0 bridgehead atoms. The van der Waals surface area contributed by atoms with Crippen LogP contribution in [-0.2, 0) is 23.1 Å². The molecule has 0 spiro atoms. The van der Waals surface area contributed by atoms with Crippen LogP contribution >= 0.6 is 11.3 Å². The Morgan fingerprint density at radius 1 is 1.32 bits per heavy atom. The predicted molar refractivity (Wildman–Crippen MR) is 72.6 cm³/mol. The van der Waals surface area contributed by atoms with Gasteiger partial charge in [0.25, 0.3) is 0 Å². The second kappa shape index (κ2) is 5.79. The van der Waals surface area contributed by atoms with Crippen molar-refractivity contribution < 1.29 is 12.8 Å². The molecule has 19 heavy (non-hydrogen) atoms.